The summed E-state index contributed by atoms with van der Waals surface area (Å²) in [5, 5.41) is 3.70. The van der Waals surface area contributed by atoms with Gasteiger partial charge in [-0.1, -0.05) is 30.3 Å². The maximum absolute atomic E-state index is 12.2. The Balaban J connectivity index is 1.91. The number of nitrogens with one attached hydrogen (secondary N) is 1. The molecule has 0 radical (unpaired) electrons. The Morgan fingerprint density at radius 3 is 2.50 bits per heavy atom. The van der Waals surface area contributed by atoms with Crippen molar-refractivity contribution in [2.24, 2.45) is 0 Å². The van der Waals surface area contributed by atoms with E-state index in [2.05, 4.69) is 10.3 Å². The molecule has 5 nitrogen and oxygen atoms in total. The van der Waals surface area contributed by atoms with Crippen LogP contribution in [0.5, 0.6) is 0 Å². The van der Waals surface area contributed by atoms with E-state index >= 15 is 0 Å². The smallest absolute Gasteiger partial charge is 0.258 e. The quantitative estimate of drug-likeness (QED) is 0.546. The highest BCUT2D eigenvalue weighted by atomic mass is 16.3. The number of hydrogen-bond acceptors (Lipinski definition) is 4. The average Bonchev–Trinajstić information content (AvgIpc) is 3.04. The van der Waals surface area contributed by atoms with Crippen molar-refractivity contribution in [1.29, 1.82) is 0 Å². The SMILES string of the molecule is O=C1NC(=O)c2cc3nc(-c4ccccc4)oc3c3cccc1c23. The van der Waals surface area contributed by atoms with Crippen LogP contribution in [0, 0.1) is 0 Å². The molecule has 2 heterocycles. The van der Waals surface area contributed by atoms with Crippen LogP contribution >= 0.6 is 0 Å². The van der Waals surface area contributed by atoms with Gasteiger partial charge in [0.15, 0.2) is 5.58 Å². The Morgan fingerprint density at radius 1 is 0.875 bits per heavy atom. The normalized spacial score (nSPS) is 13.5. The zero-order valence-electron chi connectivity index (χ0n) is 12.4. The van der Waals surface area contributed by atoms with Crippen LogP contribution in [0.25, 0.3) is 33.3 Å². The van der Waals surface area contributed by atoms with E-state index in [1.807, 2.05) is 36.4 Å². The first kappa shape index (κ1) is 13.0. The lowest BCUT2D eigenvalue weighted by Crippen LogP contribution is -2.34. The van der Waals surface area contributed by atoms with Crippen molar-refractivity contribution in [2.75, 3.05) is 0 Å². The van der Waals surface area contributed by atoms with Crippen LogP contribution in [0.2, 0.25) is 0 Å². The fourth-order valence-electron chi connectivity index (χ4n) is 3.17. The summed E-state index contributed by atoms with van der Waals surface area (Å²) in [5.74, 6) is -0.310. The number of amides is 2. The van der Waals surface area contributed by atoms with Crippen LogP contribution in [-0.2, 0) is 0 Å². The Kier molecular flexibility index (Phi) is 2.45. The van der Waals surface area contributed by atoms with Crippen molar-refractivity contribution < 1.29 is 14.0 Å². The van der Waals surface area contributed by atoms with Gasteiger partial charge in [-0.3, -0.25) is 14.9 Å². The van der Waals surface area contributed by atoms with Crippen molar-refractivity contribution >= 4 is 33.7 Å². The molecule has 0 atom stereocenters. The van der Waals surface area contributed by atoms with Gasteiger partial charge in [0.05, 0.1) is 5.56 Å². The molecule has 2 amide bonds. The molecule has 24 heavy (non-hydrogen) atoms. The van der Waals surface area contributed by atoms with E-state index in [4.69, 9.17) is 4.42 Å². The fourth-order valence-corrected chi connectivity index (χ4v) is 3.17. The highest BCUT2D eigenvalue weighted by Crippen LogP contribution is 2.35. The number of benzene rings is 3. The lowest BCUT2D eigenvalue weighted by atomic mass is 9.94. The summed E-state index contributed by atoms with van der Waals surface area (Å²) >= 11 is 0. The second-order valence-electron chi connectivity index (χ2n) is 5.67. The summed E-state index contributed by atoms with van der Waals surface area (Å²) < 4.78 is 5.96. The molecule has 5 heteroatoms. The molecule has 1 aromatic heterocycles. The molecule has 0 unspecified atom stereocenters. The van der Waals surface area contributed by atoms with Crippen molar-refractivity contribution in [3.63, 3.8) is 0 Å². The van der Waals surface area contributed by atoms with Gasteiger partial charge in [0.1, 0.15) is 5.52 Å². The molecule has 1 N–H and O–H groups in total. The van der Waals surface area contributed by atoms with Crippen LogP contribution in [0.4, 0.5) is 0 Å². The third-order valence-electron chi connectivity index (χ3n) is 4.25. The first-order chi connectivity index (χ1) is 11.7. The summed E-state index contributed by atoms with van der Waals surface area (Å²) in [4.78, 5) is 28.8. The zero-order chi connectivity index (χ0) is 16.3. The third kappa shape index (κ3) is 1.66. The number of aromatic nitrogens is 1. The second-order valence-corrected chi connectivity index (χ2v) is 5.67. The van der Waals surface area contributed by atoms with Gasteiger partial charge in [-0.2, -0.15) is 0 Å². The zero-order valence-corrected chi connectivity index (χ0v) is 12.4. The van der Waals surface area contributed by atoms with Gasteiger partial charge in [-0.05, 0) is 24.3 Å². The van der Waals surface area contributed by atoms with Gasteiger partial charge in [0.25, 0.3) is 11.8 Å². The number of imide groups is 1. The Labute approximate surface area is 135 Å². The molecule has 0 bridgehead atoms. The monoisotopic (exact) mass is 314 g/mol. The summed E-state index contributed by atoms with van der Waals surface area (Å²) in [6, 6.07) is 16.6. The summed E-state index contributed by atoms with van der Waals surface area (Å²) in [7, 11) is 0. The summed E-state index contributed by atoms with van der Waals surface area (Å²) in [6.07, 6.45) is 0. The van der Waals surface area contributed by atoms with Gasteiger partial charge in [-0.25, -0.2) is 4.98 Å². The maximum Gasteiger partial charge on any atom is 0.258 e. The Morgan fingerprint density at radius 2 is 1.67 bits per heavy atom. The first-order valence-electron chi connectivity index (χ1n) is 7.50. The van der Waals surface area contributed by atoms with E-state index < -0.39 is 5.91 Å². The van der Waals surface area contributed by atoms with Crippen LogP contribution < -0.4 is 5.32 Å². The van der Waals surface area contributed by atoms with Gasteiger partial charge < -0.3 is 4.42 Å². The lowest BCUT2D eigenvalue weighted by Gasteiger charge is -2.16. The van der Waals surface area contributed by atoms with Crippen molar-refractivity contribution in [3.8, 4) is 11.5 Å². The van der Waals surface area contributed by atoms with Crippen LogP contribution in [0.3, 0.4) is 0 Å². The second kappa shape index (κ2) is 4.52. The standard InChI is InChI=1S/C19H10N2O3/c22-17-12-8-4-7-11-15(12)13(18(23)21-17)9-14-16(11)24-19(20-14)10-5-2-1-3-6-10/h1-9H,(H,21,22,23). The number of nitrogens with zero attached hydrogens (tertiary/aromatic N) is 1. The van der Waals surface area contributed by atoms with E-state index in [0.29, 0.717) is 33.5 Å². The molecular formula is C19H10N2O3. The summed E-state index contributed by atoms with van der Waals surface area (Å²) in [6.45, 7) is 0. The first-order valence-corrected chi connectivity index (χ1v) is 7.50. The van der Waals surface area contributed by atoms with Crippen LogP contribution in [0.1, 0.15) is 20.7 Å². The molecule has 3 aromatic carbocycles. The largest absolute Gasteiger partial charge is 0.435 e. The predicted molar refractivity (Wildman–Crippen MR) is 88.7 cm³/mol. The highest BCUT2D eigenvalue weighted by molar-refractivity contribution is 6.28. The molecule has 0 saturated carbocycles. The van der Waals surface area contributed by atoms with Gasteiger partial charge in [0.2, 0.25) is 5.89 Å². The molecule has 1 aliphatic rings. The molecule has 0 aliphatic carbocycles. The Hall–Kier alpha value is -3.47. The van der Waals surface area contributed by atoms with E-state index in [9.17, 15) is 9.59 Å². The van der Waals surface area contributed by atoms with E-state index in [1.54, 1.807) is 18.2 Å². The van der Waals surface area contributed by atoms with E-state index in [-0.39, 0.29) is 5.91 Å². The molecule has 0 spiro atoms. The van der Waals surface area contributed by atoms with Crippen molar-refractivity contribution in [2.45, 2.75) is 0 Å². The third-order valence-corrected chi connectivity index (χ3v) is 4.25. The minimum Gasteiger partial charge on any atom is -0.435 e. The molecular weight excluding hydrogens is 304 g/mol. The Bertz CT molecular complexity index is 1160. The number of carbonyl (C=O) groups excluding carboxylic acids is 2. The van der Waals surface area contributed by atoms with E-state index in [0.717, 1.165) is 10.9 Å². The van der Waals surface area contributed by atoms with Crippen molar-refractivity contribution in [3.05, 3.63) is 65.7 Å². The number of carbonyl (C=O) groups is 2. The topological polar surface area (TPSA) is 72.2 Å². The highest BCUT2D eigenvalue weighted by Gasteiger charge is 2.27. The number of rotatable bonds is 1. The molecule has 0 fully saturated rings. The molecule has 114 valence electrons. The molecule has 4 aromatic rings. The predicted octanol–water partition coefficient (Wildman–Crippen LogP) is 3.53. The fraction of sp³-hybridized carbons (Fsp3) is 0. The van der Waals surface area contributed by atoms with Gasteiger partial charge >= 0.3 is 0 Å². The molecule has 0 saturated heterocycles. The lowest BCUT2D eigenvalue weighted by molar-refractivity contribution is 0.0845. The van der Waals surface area contributed by atoms with Crippen molar-refractivity contribution in [1.82, 2.24) is 10.3 Å². The number of hydrogen-bond donors (Lipinski definition) is 1. The molecule has 5 rings (SSSR count). The van der Waals surface area contributed by atoms with Crippen LogP contribution in [0.15, 0.2) is 59.0 Å². The minimum absolute atomic E-state index is 0.389. The van der Waals surface area contributed by atoms with Gasteiger partial charge in [0, 0.05) is 21.9 Å². The maximum atomic E-state index is 12.2. The average molecular weight is 314 g/mol. The van der Waals surface area contributed by atoms with Gasteiger partial charge in [-0.15, -0.1) is 0 Å². The number of fused-ring (bicyclic) bond motifs is 2. The number of oxazole rings is 1. The summed E-state index contributed by atoms with van der Waals surface area (Å²) in [5.41, 5.74) is 2.95. The van der Waals surface area contributed by atoms with E-state index in [1.165, 1.54) is 0 Å². The van der Waals surface area contributed by atoms with Crippen LogP contribution in [-0.4, -0.2) is 16.8 Å². The minimum atomic E-state index is -0.408. The molecule has 1 aliphatic heterocycles.